The molecule has 1 N–H and O–H groups in total. The normalized spacial score (nSPS) is 12.2. The van der Waals surface area contributed by atoms with Crippen LogP contribution in [-0.2, 0) is 11.2 Å². The number of anilines is 1. The van der Waals surface area contributed by atoms with Crippen LogP contribution in [0.3, 0.4) is 0 Å². The molecule has 0 aromatic heterocycles. The number of benzene rings is 1. The van der Waals surface area contributed by atoms with Gasteiger partial charge in [0.2, 0.25) is 5.91 Å². The maximum absolute atomic E-state index is 11.7. The molecule has 0 radical (unpaired) electrons. The molecule has 0 aliphatic carbocycles. The molecule has 1 atom stereocenters. The number of hydrogen-bond donors (Lipinski definition) is 1. The van der Waals surface area contributed by atoms with Crippen molar-refractivity contribution in [2.45, 2.75) is 40.0 Å². The fourth-order valence-electron chi connectivity index (χ4n) is 1.65. The van der Waals surface area contributed by atoms with E-state index >= 15 is 0 Å². The molecule has 0 saturated carbocycles. The fraction of sp³-hybridized carbons (Fsp3) is 0.500. The van der Waals surface area contributed by atoms with E-state index in [1.807, 2.05) is 19.1 Å². The minimum Gasteiger partial charge on any atom is -0.326 e. The Labute approximate surface area is 98.1 Å². The van der Waals surface area contributed by atoms with E-state index in [1.54, 1.807) is 0 Å². The molecular weight excluding hydrogens is 198 g/mol. The highest BCUT2D eigenvalue weighted by molar-refractivity contribution is 5.92. The maximum Gasteiger partial charge on any atom is 0.227 e. The smallest absolute Gasteiger partial charge is 0.227 e. The van der Waals surface area contributed by atoms with Gasteiger partial charge in [-0.05, 0) is 30.5 Å². The Bertz CT molecular complexity index is 329. The monoisotopic (exact) mass is 219 g/mol. The molecule has 0 aliphatic rings. The molecule has 1 rings (SSSR count). The molecule has 0 unspecified atom stereocenters. The van der Waals surface area contributed by atoms with Crippen LogP contribution in [0.2, 0.25) is 0 Å². The van der Waals surface area contributed by atoms with Crippen molar-refractivity contribution < 1.29 is 4.79 Å². The average Bonchev–Trinajstić information content (AvgIpc) is 2.30. The standard InChI is InChI=1S/C14H21NO/c1-4-6-11(3)14(16)15-13-9-7-12(5-2)8-10-13/h7-11H,4-6H2,1-3H3,(H,15,16)/t11-/m1/s1. The molecule has 16 heavy (non-hydrogen) atoms. The van der Waals surface area contributed by atoms with Gasteiger partial charge in [-0.2, -0.15) is 0 Å². The van der Waals surface area contributed by atoms with E-state index in [9.17, 15) is 4.79 Å². The molecule has 2 nitrogen and oxygen atoms in total. The quantitative estimate of drug-likeness (QED) is 0.805. The second-order valence-electron chi connectivity index (χ2n) is 4.23. The predicted octanol–water partition coefficient (Wildman–Crippen LogP) is 3.62. The predicted molar refractivity (Wildman–Crippen MR) is 68.5 cm³/mol. The van der Waals surface area contributed by atoms with Crippen molar-refractivity contribution in [1.82, 2.24) is 0 Å². The van der Waals surface area contributed by atoms with Crippen LogP contribution in [0.1, 0.15) is 39.2 Å². The van der Waals surface area contributed by atoms with Gasteiger partial charge >= 0.3 is 0 Å². The van der Waals surface area contributed by atoms with E-state index in [1.165, 1.54) is 5.56 Å². The SMILES string of the molecule is CCC[C@@H](C)C(=O)Nc1ccc(CC)cc1. The summed E-state index contributed by atoms with van der Waals surface area (Å²) in [4.78, 5) is 11.7. The lowest BCUT2D eigenvalue weighted by atomic mass is 10.1. The van der Waals surface area contributed by atoms with Crippen molar-refractivity contribution >= 4 is 11.6 Å². The van der Waals surface area contributed by atoms with Crippen molar-refractivity contribution in [3.63, 3.8) is 0 Å². The number of carbonyl (C=O) groups is 1. The van der Waals surface area contributed by atoms with Gasteiger partial charge in [-0.1, -0.05) is 39.3 Å². The molecule has 0 fully saturated rings. The zero-order valence-corrected chi connectivity index (χ0v) is 10.4. The van der Waals surface area contributed by atoms with E-state index in [-0.39, 0.29) is 11.8 Å². The maximum atomic E-state index is 11.7. The van der Waals surface area contributed by atoms with Gasteiger partial charge in [-0.3, -0.25) is 4.79 Å². The van der Waals surface area contributed by atoms with E-state index < -0.39 is 0 Å². The summed E-state index contributed by atoms with van der Waals surface area (Å²) >= 11 is 0. The van der Waals surface area contributed by atoms with Crippen LogP contribution in [0.5, 0.6) is 0 Å². The van der Waals surface area contributed by atoms with Crippen LogP contribution < -0.4 is 5.32 Å². The van der Waals surface area contributed by atoms with Crippen molar-refractivity contribution in [2.24, 2.45) is 5.92 Å². The average molecular weight is 219 g/mol. The first kappa shape index (κ1) is 12.8. The highest BCUT2D eigenvalue weighted by Gasteiger charge is 2.11. The number of carbonyl (C=O) groups excluding carboxylic acids is 1. The number of hydrogen-bond acceptors (Lipinski definition) is 1. The fourth-order valence-corrected chi connectivity index (χ4v) is 1.65. The van der Waals surface area contributed by atoms with E-state index in [0.29, 0.717) is 0 Å². The first-order valence-electron chi connectivity index (χ1n) is 6.07. The summed E-state index contributed by atoms with van der Waals surface area (Å²) < 4.78 is 0. The van der Waals surface area contributed by atoms with Crippen LogP contribution in [0.15, 0.2) is 24.3 Å². The molecule has 1 amide bonds. The summed E-state index contributed by atoms with van der Waals surface area (Å²) in [6.45, 7) is 6.19. The van der Waals surface area contributed by atoms with Gasteiger partial charge in [0.15, 0.2) is 0 Å². The molecule has 0 bridgehead atoms. The second-order valence-corrected chi connectivity index (χ2v) is 4.23. The Morgan fingerprint density at radius 3 is 2.38 bits per heavy atom. The van der Waals surface area contributed by atoms with E-state index in [4.69, 9.17) is 0 Å². The lowest BCUT2D eigenvalue weighted by Crippen LogP contribution is -2.20. The van der Waals surface area contributed by atoms with E-state index in [0.717, 1.165) is 24.9 Å². The zero-order valence-electron chi connectivity index (χ0n) is 10.4. The van der Waals surface area contributed by atoms with Crippen LogP contribution in [0, 0.1) is 5.92 Å². The third-order valence-electron chi connectivity index (χ3n) is 2.80. The van der Waals surface area contributed by atoms with Gasteiger partial charge in [0.05, 0.1) is 0 Å². The van der Waals surface area contributed by atoms with Gasteiger partial charge in [0.1, 0.15) is 0 Å². The van der Waals surface area contributed by atoms with Crippen molar-refractivity contribution in [2.75, 3.05) is 5.32 Å². The van der Waals surface area contributed by atoms with Crippen LogP contribution >= 0.6 is 0 Å². The van der Waals surface area contributed by atoms with E-state index in [2.05, 4.69) is 31.3 Å². The Balaban J connectivity index is 2.55. The van der Waals surface area contributed by atoms with Gasteiger partial charge < -0.3 is 5.32 Å². The summed E-state index contributed by atoms with van der Waals surface area (Å²) in [5.41, 5.74) is 2.18. The third kappa shape index (κ3) is 3.69. The minimum atomic E-state index is 0.0934. The van der Waals surface area contributed by atoms with Crippen LogP contribution in [0.4, 0.5) is 5.69 Å². The number of rotatable bonds is 5. The Hall–Kier alpha value is -1.31. The van der Waals surface area contributed by atoms with Gasteiger partial charge in [0, 0.05) is 11.6 Å². The zero-order chi connectivity index (χ0) is 12.0. The van der Waals surface area contributed by atoms with Crippen molar-refractivity contribution in [3.05, 3.63) is 29.8 Å². The molecule has 0 saturated heterocycles. The Morgan fingerprint density at radius 2 is 1.88 bits per heavy atom. The summed E-state index contributed by atoms with van der Waals surface area (Å²) in [7, 11) is 0. The Morgan fingerprint density at radius 1 is 1.25 bits per heavy atom. The first-order valence-corrected chi connectivity index (χ1v) is 6.07. The molecule has 0 aliphatic heterocycles. The van der Waals surface area contributed by atoms with Crippen molar-refractivity contribution in [3.8, 4) is 0 Å². The number of nitrogens with one attached hydrogen (secondary N) is 1. The summed E-state index contributed by atoms with van der Waals surface area (Å²) in [6, 6.07) is 8.05. The topological polar surface area (TPSA) is 29.1 Å². The lowest BCUT2D eigenvalue weighted by molar-refractivity contribution is -0.119. The molecular formula is C14H21NO. The minimum absolute atomic E-state index is 0.0934. The van der Waals surface area contributed by atoms with Gasteiger partial charge in [-0.15, -0.1) is 0 Å². The molecule has 1 aromatic carbocycles. The van der Waals surface area contributed by atoms with Crippen LogP contribution in [0.25, 0.3) is 0 Å². The lowest BCUT2D eigenvalue weighted by Gasteiger charge is -2.11. The molecule has 0 heterocycles. The summed E-state index contributed by atoms with van der Waals surface area (Å²) in [6.07, 6.45) is 3.02. The second kappa shape index (κ2) is 6.31. The molecule has 88 valence electrons. The number of aryl methyl sites for hydroxylation is 1. The third-order valence-corrected chi connectivity index (χ3v) is 2.80. The first-order chi connectivity index (χ1) is 7.67. The van der Waals surface area contributed by atoms with Crippen molar-refractivity contribution in [1.29, 1.82) is 0 Å². The van der Waals surface area contributed by atoms with Gasteiger partial charge in [0.25, 0.3) is 0 Å². The van der Waals surface area contributed by atoms with Gasteiger partial charge in [-0.25, -0.2) is 0 Å². The summed E-state index contributed by atoms with van der Waals surface area (Å²) in [5.74, 6) is 0.210. The summed E-state index contributed by atoms with van der Waals surface area (Å²) in [5, 5.41) is 2.94. The highest BCUT2D eigenvalue weighted by Crippen LogP contribution is 2.13. The molecule has 1 aromatic rings. The van der Waals surface area contributed by atoms with Crippen LogP contribution in [-0.4, -0.2) is 5.91 Å². The highest BCUT2D eigenvalue weighted by atomic mass is 16.1. The molecule has 0 spiro atoms. The number of amides is 1. The Kier molecular flexibility index (Phi) is 5.03. The largest absolute Gasteiger partial charge is 0.326 e. The molecule has 2 heteroatoms.